The number of amides is 1. The summed E-state index contributed by atoms with van der Waals surface area (Å²) >= 11 is 0. The van der Waals surface area contributed by atoms with Crippen LogP contribution < -0.4 is 5.73 Å². The van der Waals surface area contributed by atoms with Crippen LogP contribution in [0.25, 0.3) is 0 Å². The van der Waals surface area contributed by atoms with Crippen LogP contribution in [0.4, 0.5) is 10.1 Å². The number of hydrogen-bond acceptors (Lipinski definition) is 2. The first kappa shape index (κ1) is 12.4. The van der Waals surface area contributed by atoms with Crippen molar-refractivity contribution in [2.75, 3.05) is 18.8 Å². The minimum atomic E-state index is -0.509. The van der Waals surface area contributed by atoms with E-state index in [1.807, 2.05) is 0 Å². The number of terminal acetylenes is 1. The molecule has 0 unspecified atom stereocenters. The Morgan fingerprint density at radius 3 is 2.78 bits per heavy atom. The van der Waals surface area contributed by atoms with E-state index in [-0.39, 0.29) is 23.7 Å². The molecule has 2 rings (SSSR count). The molecule has 1 amide bonds. The minimum absolute atomic E-state index is 0.241. The first-order valence-corrected chi connectivity index (χ1v) is 5.89. The van der Waals surface area contributed by atoms with Crippen LogP contribution in [0.5, 0.6) is 0 Å². The molecular weight excluding hydrogens is 231 g/mol. The average molecular weight is 246 g/mol. The summed E-state index contributed by atoms with van der Waals surface area (Å²) in [7, 11) is 0. The van der Waals surface area contributed by atoms with Gasteiger partial charge in [0.15, 0.2) is 0 Å². The molecular formula is C14H15FN2O. The van der Waals surface area contributed by atoms with Gasteiger partial charge in [-0.25, -0.2) is 4.39 Å². The Bertz CT molecular complexity index is 483. The molecule has 0 saturated heterocycles. The summed E-state index contributed by atoms with van der Waals surface area (Å²) in [5.74, 6) is 2.23. The number of rotatable bonds is 4. The van der Waals surface area contributed by atoms with Crippen molar-refractivity contribution in [3.8, 4) is 12.3 Å². The molecule has 1 saturated carbocycles. The number of carbonyl (C=O) groups excluding carboxylic acids is 1. The zero-order valence-electron chi connectivity index (χ0n) is 10.0. The van der Waals surface area contributed by atoms with E-state index in [1.54, 1.807) is 4.90 Å². The third-order valence-corrected chi connectivity index (χ3v) is 2.91. The summed E-state index contributed by atoms with van der Waals surface area (Å²) in [6.45, 7) is 0.880. The van der Waals surface area contributed by atoms with Gasteiger partial charge in [0.1, 0.15) is 5.82 Å². The summed E-state index contributed by atoms with van der Waals surface area (Å²) in [6, 6.07) is 3.85. The molecule has 1 fully saturated rings. The summed E-state index contributed by atoms with van der Waals surface area (Å²) in [5.41, 5.74) is 6.03. The number of nitrogens with zero attached hydrogens (tertiary/aromatic N) is 1. The molecule has 2 N–H and O–H groups in total. The summed E-state index contributed by atoms with van der Waals surface area (Å²) in [4.78, 5) is 13.8. The van der Waals surface area contributed by atoms with Crippen molar-refractivity contribution >= 4 is 11.6 Å². The quantitative estimate of drug-likeness (QED) is 0.651. The van der Waals surface area contributed by atoms with Crippen molar-refractivity contribution in [1.29, 1.82) is 0 Å². The summed E-state index contributed by atoms with van der Waals surface area (Å²) < 4.78 is 13.2. The minimum Gasteiger partial charge on any atom is -0.399 e. The highest BCUT2D eigenvalue weighted by Gasteiger charge is 2.27. The smallest absolute Gasteiger partial charge is 0.254 e. The number of benzene rings is 1. The third kappa shape index (κ3) is 3.01. The van der Waals surface area contributed by atoms with Crippen LogP contribution in [-0.4, -0.2) is 23.9 Å². The predicted octanol–water partition coefficient (Wildman–Crippen LogP) is 1.89. The number of hydrogen-bond donors (Lipinski definition) is 1. The van der Waals surface area contributed by atoms with Crippen LogP contribution in [0.2, 0.25) is 0 Å². The topological polar surface area (TPSA) is 46.3 Å². The number of nitrogen functional groups attached to an aromatic ring is 1. The molecule has 4 heteroatoms. The van der Waals surface area contributed by atoms with Crippen LogP contribution in [0.15, 0.2) is 18.2 Å². The Labute approximate surface area is 106 Å². The fourth-order valence-electron chi connectivity index (χ4n) is 1.86. The normalized spacial score (nSPS) is 14.0. The van der Waals surface area contributed by atoms with Gasteiger partial charge in [-0.3, -0.25) is 4.79 Å². The predicted molar refractivity (Wildman–Crippen MR) is 68.3 cm³/mol. The molecule has 1 aliphatic carbocycles. The van der Waals surface area contributed by atoms with Gasteiger partial charge >= 0.3 is 0 Å². The highest BCUT2D eigenvalue weighted by Crippen LogP contribution is 2.30. The highest BCUT2D eigenvalue weighted by molar-refractivity contribution is 5.95. The first-order chi connectivity index (χ1) is 8.60. The number of nitrogens with two attached hydrogens (primary N) is 1. The molecule has 1 aliphatic rings. The van der Waals surface area contributed by atoms with Crippen molar-refractivity contribution in [2.45, 2.75) is 12.8 Å². The average Bonchev–Trinajstić information content (AvgIpc) is 3.10. The molecule has 0 heterocycles. The van der Waals surface area contributed by atoms with Gasteiger partial charge in [0.25, 0.3) is 5.91 Å². The van der Waals surface area contributed by atoms with Crippen molar-refractivity contribution in [3.63, 3.8) is 0 Å². The van der Waals surface area contributed by atoms with E-state index in [9.17, 15) is 9.18 Å². The number of halogens is 1. The van der Waals surface area contributed by atoms with Gasteiger partial charge < -0.3 is 10.6 Å². The van der Waals surface area contributed by atoms with Gasteiger partial charge in [0.2, 0.25) is 0 Å². The van der Waals surface area contributed by atoms with Gasteiger partial charge in [-0.05, 0) is 37.0 Å². The van der Waals surface area contributed by atoms with Crippen molar-refractivity contribution < 1.29 is 9.18 Å². The largest absolute Gasteiger partial charge is 0.399 e. The molecule has 1 aromatic rings. The molecule has 0 aromatic heterocycles. The van der Waals surface area contributed by atoms with Crippen molar-refractivity contribution in [1.82, 2.24) is 4.90 Å². The molecule has 0 bridgehead atoms. The lowest BCUT2D eigenvalue weighted by atomic mass is 10.1. The Kier molecular flexibility index (Phi) is 3.52. The third-order valence-electron chi connectivity index (χ3n) is 2.91. The second-order valence-corrected chi connectivity index (χ2v) is 4.61. The first-order valence-electron chi connectivity index (χ1n) is 5.89. The maximum atomic E-state index is 13.2. The molecule has 0 radical (unpaired) electrons. The van der Waals surface area contributed by atoms with Crippen LogP contribution >= 0.6 is 0 Å². The maximum absolute atomic E-state index is 13.2. The van der Waals surface area contributed by atoms with E-state index in [2.05, 4.69) is 5.92 Å². The fraction of sp³-hybridized carbons (Fsp3) is 0.357. The number of carbonyl (C=O) groups is 1. The van der Waals surface area contributed by atoms with E-state index >= 15 is 0 Å². The SMILES string of the molecule is C#CCN(CC1CC1)C(=O)c1cc(N)cc(F)c1. The molecule has 18 heavy (non-hydrogen) atoms. The van der Waals surface area contributed by atoms with Crippen LogP contribution in [0.1, 0.15) is 23.2 Å². The molecule has 0 atom stereocenters. The zero-order chi connectivity index (χ0) is 13.1. The Hall–Kier alpha value is -2.02. The van der Waals surface area contributed by atoms with Gasteiger partial charge in [-0.2, -0.15) is 0 Å². The zero-order valence-corrected chi connectivity index (χ0v) is 10.0. The summed E-state index contributed by atoms with van der Waals surface area (Å²) in [5, 5.41) is 0. The standard InChI is InChI=1S/C14H15FN2O/c1-2-5-17(9-10-3-4-10)14(18)11-6-12(15)8-13(16)7-11/h1,6-8,10H,3-5,9,16H2. The monoisotopic (exact) mass is 246 g/mol. The Balaban J connectivity index is 2.18. The van der Waals surface area contributed by atoms with E-state index in [1.165, 1.54) is 18.2 Å². The molecule has 3 nitrogen and oxygen atoms in total. The maximum Gasteiger partial charge on any atom is 0.254 e. The van der Waals surface area contributed by atoms with Gasteiger partial charge in [0, 0.05) is 17.8 Å². The van der Waals surface area contributed by atoms with E-state index in [4.69, 9.17) is 12.2 Å². The van der Waals surface area contributed by atoms with Crippen molar-refractivity contribution in [2.24, 2.45) is 5.92 Å². The van der Waals surface area contributed by atoms with Gasteiger partial charge in [-0.15, -0.1) is 6.42 Å². The fourth-order valence-corrected chi connectivity index (χ4v) is 1.86. The molecule has 94 valence electrons. The Morgan fingerprint density at radius 2 is 2.22 bits per heavy atom. The second kappa shape index (κ2) is 5.09. The van der Waals surface area contributed by atoms with E-state index in [0.29, 0.717) is 12.5 Å². The van der Waals surface area contributed by atoms with Crippen LogP contribution in [-0.2, 0) is 0 Å². The van der Waals surface area contributed by atoms with Crippen molar-refractivity contribution in [3.05, 3.63) is 29.6 Å². The lowest BCUT2D eigenvalue weighted by molar-refractivity contribution is 0.0769. The molecule has 1 aromatic carbocycles. The summed E-state index contributed by atoms with van der Waals surface area (Å²) in [6.07, 6.45) is 7.51. The van der Waals surface area contributed by atoms with E-state index in [0.717, 1.165) is 12.8 Å². The Morgan fingerprint density at radius 1 is 1.50 bits per heavy atom. The lowest BCUT2D eigenvalue weighted by Crippen LogP contribution is -2.33. The molecule has 0 spiro atoms. The van der Waals surface area contributed by atoms with E-state index < -0.39 is 5.82 Å². The molecule has 0 aliphatic heterocycles. The highest BCUT2D eigenvalue weighted by atomic mass is 19.1. The van der Waals surface area contributed by atoms with Crippen LogP contribution in [0, 0.1) is 24.1 Å². The van der Waals surface area contributed by atoms with Gasteiger partial charge in [-0.1, -0.05) is 5.92 Å². The lowest BCUT2D eigenvalue weighted by Gasteiger charge is -2.20. The van der Waals surface area contributed by atoms with Gasteiger partial charge in [0.05, 0.1) is 6.54 Å². The van der Waals surface area contributed by atoms with Crippen LogP contribution in [0.3, 0.4) is 0 Å². The second-order valence-electron chi connectivity index (χ2n) is 4.61. The number of anilines is 1.